The molecule has 2 fully saturated rings. The van der Waals surface area contributed by atoms with E-state index in [1.807, 2.05) is 4.90 Å². The van der Waals surface area contributed by atoms with Crippen molar-refractivity contribution in [2.45, 2.75) is 25.3 Å². The fourth-order valence-corrected chi connectivity index (χ4v) is 2.07. The molecule has 5 nitrogen and oxygen atoms in total. The lowest BCUT2D eigenvalue weighted by molar-refractivity contribution is -0.172. The molecule has 0 bridgehead atoms. The van der Waals surface area contributed by atoms with Crippen LogP contribution in [0.1, 0.15) is 19.8 Å². The third-order valence-electron chi connectivity index (χ3n) is 3.20. The first-order valence-electron chi connectivity index (χ1n) is 5.16. The molecule has 0 aromatic heterocycles. The van der Waals surface area contributed by atoms with E-state index < -0.39 is 11.9 Å². The minimum atomic E-state index is -0.445. The highest BCUT2D eigenvalue weighted by Gasteiger charge is 2.39. The third-order valence-corrected chi connectivity index (χ3v) is 3.20. The fraction of sp³-hybridized carbons (Fsp3) is 0.800. The van der Waals surface area contributed by atoms with Gasteiger partial charge in [0.15, 0.2) is 0 Å². The Morgan fingerprint density at radius 2 is 1.67 bits per heavy atom. The standard InChI is InChI=1S/C10H15NO4/c1-10(2-4-14-5-3-10)11-6-8(12)15-9(13)7-11/h2-7H2,1H3. The van der Waals surface area contributed by atoms with Crippen LogP contribution in [0.2, 0.25) is 0 Å². The van der Waals surface area contributed by atoms with Crippen LogP contribution in [0.3, 0.4) is 0 Å². The molecule has 84 valence electrons. The molecule has 0 amide bonds. The highest BCUT2D eigenvalue weighted by Crippen LogP contribution is 2.28. The molecular weight excluding hydrogens is 198 g/mol. The first-order valence-corrected chi connectivity index (χ1v) is 5.16. The van der Waals surface area contributed by atoms with Crippen LogP contribution in [-0.2, 0) is 19.1 Å². The second kappa shape index (κ2) is 3.90. The number of rotatable bonds is 1. The van der Waals surface area contributed by atoms with Crippen LogP contribution in [0.15, 0.2) is 0 Å². The van der Waals surface area contributed by atoms with Gasteiger partial charge in [0.25, 0.3) is 0 Å². The van der Waals surface area contributed by atoms with Crippen LogP contribution in [0, 0.1) is 0 Å². The van der Waals surface area contributed by atoms with E-state index >= 15 is 0 Å². The van der Waals surface area contributed by atoms with Crippen molar-refractivity contribution in [2.75, 3.05) is 26.3 Å². The maximum Gasteiger partial charge on any atom is 0.327 e. The zero-order valence-electron chi connectivity index (χ0n) is 8.82. The molecule has 0 unspecified atom stereocenters. The smallest absolute Gasteiger partial charge is 0.327 e. The fourth-order valence-electron chi connectivity index (χ4n) is 2.07. The summed E-state index contributed by atoms with van der Waals surface area (Å²) in [7, 11) is 0. The van der Waals surface area contributed by atoms with Crippen LogP contribution in [-0.4, -0.2) is 48.7 Å². The van der Waals surface area contributed by atoms with E-state index in [0.29, 0.717) is 13.2 Å². The first kappa shape index (κ1) is 10.6. The number of hydrogen-bond donors (Lipinski definition) is 0. The number of nitrogens with zero attached hydrogens (tertiary/aromatic N) is 1. The Kier molecular flexibility index (Phi) is 2.75. The lowest BCUT2D eigenvalue weighted by Gasteiger charge is -2.43. The average molecular weight is 213 g/mol. The van der Waals surface area contributed by atoms with Crippen molar-refractivity contribution in [3.8, 4) is 0 Å². The summed E-state index contributed by atoms with van der Waals surface area (Å²) in [6.07, 6.45) is 1.71. The molecule has 2 aliphatic rings. The Labute approximate surface area is 88.3 Å². The van der Waals surface area contributed by atoms with E-state index in [4.69, 9.17) is 4.74 Å². The SMILES string of the molecule is CC1(N2CC(=O)OC(=O)C2)CCOCC1. The number of carbonyl (C=O) groups excluding carboxylic acids is 2. The van der Waals surface area contributed by atoms with E-state index in [-0.39, 0.29) is 18.6 Å². The van der Waals surface area contributed by atoms with Crippen molar-refractivity contribution in [1.29, 1.82) is 0 Å². The zero-order valence-corrected chi connectivity index (χ0v) is 8.82. The normalized spacial score (nSPS) is 27.5. The second-order valence-electron chi connectivity index (χ2n) is 4.31. The highest BCUT2D eigenvalue weighted by atomic mass is 16.6. The largest absolute Gasteiger partial charge is 0.391 e. The number of hydrogen-bond acceptors (Lipinski definition) is 5. The molecule has 0 N–H and O–H groups in total. The number of esters is 2. The molecule has 0 saturated carbocycles. The molecule has 0 aliphatic carbocycles. The minimum Gasteiger partial charge on any atom is -0.391 e. The third kappa shape index (κ3) is 2.18. The first-order chi connectivity index (χ1) is 7.10. The number of carbonyl (C=O) groups is 2. The summed E-state index contributed by atoms with van der Waals surface area (Å²) < 4.78 is 9.78. The lowest BCUT2D eigenvalue weighted by atomic mass is 9.90. The quantitative estimate of drug-likeness (QED) is 0.451. The summed E-state index contributed by atoms with van der Waals surface area (Å²) in [4.78, 5) is 24.2. The Bertz CT molecular complexity index is 267. The van der Waals surface area contributed by atoms with Gasteiger partial charge in [-0.25, -0.2) is 0 Å². The van der Waals surface area contributed by atoms with Gasteiger partial charge in [-0.3, -0.25) is 14.5 Å². The highest BCUT2D eigenvalue weighted by molar-refractivity contribution is 5.90. The van der Waals surface area contributed by atoms with Crippen LogP contribution in [0.5, 0.6) is 0 Å². The van der Waals surface area contributed by atoms with Crippen LogP contribution < -0.4 is 0 Å². The van der Waals surface area contributed by atoms with Gasteiger partial charge < -0.3 is 9.47 Å². The Morgan fingerprint density at radius 3 is 2.20 bits per heavy atom. The maximum absolute atomic E-state index is 11.2. The minimum absolute atomic E-state index is 0.104. The number of ether oxygens (including phenoxy) is 2. The molecule has 0 aromatic carbocycles. The van der Waals surface area contributed by atoms with E-state index in [1.54, 1.807) is 0 Å². The predicted molar refractivity (Wildman–Crippen MR) is 51.1 cm³/mol. The summed E-state index contributed by atoms with van der Waals surface area (Å²) in [6.45, 7) is 3.87. The molecule has 2 aliphatic heterocycles. The topological polar surface area (TPSA) is 55.8 Å². The van der Waals surface area contributed by atoms with Gasteiger partial charge in [0, 0.05) is 18.8 Å². The summed E-state index contributed by atoms with van der Waals surface area (Å²) in [5.41, 5.74) is -0.104. The molecular formula is C10H15NO4. The van der Waals surface area contributed by atoms with Crippen molar-refractivity contribution < 1.29 is 19.1 Å². The van der Waals surface area contributed by atoms with Gasteiger partial charge >= 0.3 is 11.9 Å². The van der Waals surface area contributed by atoms with Crippen LogP contribution in [0.25, 0.3) is 0 Å². The van der Waals surface area contributed by atoms with E-state index in [1.165, 1.54) is 0 Å². The molecule has 2 rings (SSSR count). The van der Waals surface area contributed by atoms with Gasteiger partial charge in [-0.1, -0.05) is 0 Å². The summed E-state index contributed by atoms with van der Waals surface area (Å²) in [5, 5.41) is 0. The average Bonchev–Trinajstić information content (AvgIpc) is 2.17. The van der Waals surface area contributed by atoms with Gasteiger partial charge in [-0.15, -0.1) is 0 Å². The predicted octanol–water partition coefficient (Wildman–Crippen LogP) is -0.0591. The van der Waals surface area contributed by atoms with Gasteiger partial charge in [-0.05, 0) is 19.8 Å². The van der Waals surface area contributed by atoms with Gasteiger partial charge in [0.2, 0.25) is 0 Å². The van der Waals surface area contributed by atoms with Gasteiger partial charge in [-0.2, -0.15) is 0 Å². The van der Waals surface area contributed by atoms with E-state index in [9.17, 15) is 9.59 Å². The molecule has 0 atom stereocenters. The summed E-state index contributed by atoms with van der Waals surface area (Å²) in [6, 6.07) is 0. The molecule has 0 aromatic rings. The molecule has 2 heterocycles. The molecule has 0 radical (unpaired) electrons. The van der Waals surface area contributed by atoms with Crippen molar-refractivity contribution in [3.05, 3.63) is 0 Å². The summed E-state index contributed by atoms with van der Waals surface area (Å²) in [5.74, 6) is -0.891. The second-order valence-corrected chi connectivity index (χ2v) is 4.31. The molecule has 5 heteroatoms. The van der Waals surface area contributed by atoms with Crippen molar-refractivity contribution in [1.82, 2.24) is 4.90 Å². The van der Waals surface area contributed by atoms with Crippen molar-refractivity contribution in [2.24, 2.45) is 0 Å². The van der Waals surface area contributed by atoms with Crippen molar-refractivity contribution in [3.63, 3.8) is 0 Å². The molecule has 2 saturated heterocycles. The van der Waals surface area contributed by atoms with Gasteiger partial charge in [0.05, 0.1) is 13.1 Å². The molecule has 15 heavy (non-hydrogen) atoms. The molecule has 0 spiro atoms. The zero-order chi connectivity index (χ0) is 10.9. The monoisotopic (exact) mass is 213 g/mol. The Morgan fingerprint density at radius 1 is 1.13 bits per heavy atom. The summed E-state index contributed by atoms with van der Waals surface area (Å²) >= 11 is 0. The van der Waals surface area contributed by atoms with Crippen LogP contribution in [0.4, 0.5) is 0 Å². The van der Waals surface area contributed by atoms with Crippen LogP contribution >= 0.6 is 0 Å². The number of morpholine rings is 1. The Hall–Kier alpha value is -0.940. The van der Waals surface area contributed by atoms with Gasteiger partial charge in [0.1, 0.15) is 0 Å². The lowest BCUT2D eigenvalue weighted by Crippen LogP contribution is -2.56. The maximum atomic E-state index is 11.2. The Balaban J connectivity index is 2.07. The number of cyclic esters (lactones) is 2. The van der Waals surface area contributed by atoms with E-state index in [2.05, 4.69) is 11.7 Å². The van der Waals surface area contributed by atoms with E-state index in [0.717, 1.165) is 12.8 Å². The van der Waals surface area contributed by atoms with Crippen molar-refractivity contribution >= 4 is 11.9 Å².